The minimum absolute atomic E-state index is 0.0541. The summed E-state index contributed by atoms with van der Waals surface area (Å²) in [6.07, 6.45) is 2.47. The molecule has 2 aromatic heterocycles. The summed E-state index contributed by atoms with van der Waals surface area (Å²) in [6, 6.07) is 10.4. The Morgan fingerprint density at radius 1 is 1.13 bits per heavy atom. The molecule has 1 aliphatic heterocycles. The molecule has 0 spiro atoms. The van der Waals surface area contributed by atoms with Gasteiger partial charge in [0.05, 0.1) is 17.0 Å². The molecule has 1 aliphatic rings. The van der Waals surface area contributed by atoms with Gasteiger partial charge in [0, 0.05) is 30.4 Å². The van der Waals surface area contributed by atoms with Gasteiger partial charge in [0.15, 0.2) is 5.82 Å². The van der Waals surface area contributed by atoms with Crippen molar-refractivity contribution in [3.05, 3.63) is 53.9 Å². The number of nitrogens with one attached hydrogen (secondary N) is 2. The summed E-state index contributed by atoms with van der Waals surface area (Å²) in [6.45, 7) is 0.647. The monoisotopic (exact) mass is 306 g/mol. The van der Waals surface area contributed by atoms with Crippen LogP contribution < -0.4 is 5.32 Å². The molecule has 0 radical (unpaired) electrons. The second kappa shape index (κ2) is 5.24. The van der Waals surface area contributed by atoms with Crippen molar-refractivity contribution in [2.45, 2.75) is 6.42 Å². The van der Waals surface area contributed by atoms with E-state index in [0.29, 0.717) is 17.9 Å². The van der Waals surface area contributed by atoms with Crippen molar-refractivity contribution >= 4 is 5.91 Å². The lowest BCUT2D eigenvalue weighted by atomic mass is 10.1. The number of hydrogen-bond donors (Lipinski definition) is 3. The maximum absolute atomic E-state index is 11.9. The number of carbonyl (C=O) groups is 1. The lowest BCUT2D eigenvalue weighted by Gasteiger charge is -2.10. The summed E-state index contributed by atoms with van der Waals surface area (Å²) in [5.41, 5.74) is 3.96. The van der Waals surface area contributed by atoms with Crippen LogP contribution >= 0.6 is 0 Å². The third-order valence-electron chi connectivity index (χ3n) is 3.86. The zero-order valence-corrected chi connectivity index (χ0v) is 12.2. The molecule has 3 N–H and O–H groups in total. The summed E-state index contributed by atoms with van der Waals surface area (Å²) in [5.74, 6) is 0.717. The van der Waals surface area contributed by atoms with Gasteiger partial charge in [0.1, 0.15) is 5.75 Å². The van der Waals surface area contributed by atoms with Gasteiger partial charge in [-0.05, 0) is 36.4 Å². The van der Waals surface area contributed by atoms with E-state index in [1.54, 1.807) is 36.5 Å². The number of carbonyl (C=O) groups excluding carboxylic acids is 1. The highest BCUT2D eigenvalue weighted by molar-refractivity contribution is 5.97. The van der Waals surface area contributed by atoms with E-state index >= 15 is 0 Å². The van der Waals surface area contributed by atoms with E-state index < -0.39 is 0 Å². The van der Waals surface area contributed by atoms with E-state index in [2.05, 4.69) is 20.3 Å². The van der Waals surface area contributed by atoms with E-state index in [4.69, 9.17) is 0 Å². The molecule has 0 saturated heterocycles. The fourth-order valence-electron chi connectivity index (χ4n) is 2.69. The van der Waals surface area contributed by atoms with Gasteiger partial charge < -0.3 is 15.4 Å². The Hall–Kier alpha value is -3.15. The molecule has 0 aliphatic carbocycles. The smallest absolute Gasteiger partial charge is 0.253 e. The number of benzene rings is 1. The molecule has 4 rings (SSSR count). The molecule has 0 bridgehead atoms. The maximum atomic E-state index is 11.9. The quantitative estimate of drug-likeness (QED) is 0.676. The van der Waals surface area contributed by atoms with Crippen molar-refractivity contribution in [1.82, 2.24) is 20.3 Å². The number of aromatic hydroxyl groups is 1. The van der Waals surface area contributed by atoms with Gasteiger partial charge in [0.2, 0.25) is 0 Å². The zero-order chi connectivity index (χ0) is 15.8. The molecule has 1 amide bonds. The Labute approximate surface area is 132 Å². The number of H-pyrrole nitrogens is 1. The van der Waals surface area contributed by atoms with Crippen LogP contribution in [0.2, 0.25) is 0 Å². The minimum Gasteiger partial charge on any atom is -0.508 e. The molecule has 6 heteroatoms. The predicted molar refractivity (Wildman–Crippen MR) is 85.0 cm³/mol. The summed E-state index contributed by atoms with van der Waals surface area (Å²) >= 11 is 0. The van der Waals surface area contributed by atoms with Crippen LogP contribution in [0.1, 0.15) is 16.1 Å². The third kappa shape index (κ3) is 2.44. The first kappa shape index (κ1) is 13.5. The van der Waals surface area contributed by atoms with Gasteiger partial charge in [-0.2, -0.15) is 0 Å². The fraction of sp³-hybridized carbons (Fsp3) is 0.118. The zero-order valence-electron chi connectivity index (χ0n) is 12.2. The van der Waals surface area contributed by atoms with Crippen LogP contribution in [0, 0.1) is 0 Å². The van der Waals surface area contributed by atoms with Crippen molar-refractivity contribution in [1.29, 1.82) is 0 Å². The van der Waals surface area contributed by atoms with E-state index in [9.17, 15) is 9.90 Å². The molecule has 3 heterocycles. The highest BCUT2D eigenvalue weighted by Gasteiger charge is 2.20. The van der Waals surface area contributed by atoms with Gasteiger partial charge >= 0.3 is 0 Å². The van der Waals surface area contributed by atoms with Crippen molar-refractivity contribution in [2.24, 2.45) is 0 Å². The van der Waals surface area contributed by atoms with Gasteiger partial charge in [-0.25, -0.2) is 9.97 Å². The van der Waals surface area contributed by atoms with Crippen molar-refractivity contribution in [3.8, 4) is 28.5 Å². The topological polar surface area (TPSA) is 90.9 Å². The second-order valence-corrected chi connectivity index (χ2v) is 5.39. The van der Waals surface area contributed by atoms with Crippen molar-refractivity contribution < 1.29 is 9.90 Å². The second-order valence-electron chi connectivity index (χ2n) is 5.39. The minimum atomic E-state index is -0.0541. The molecule has 0 fully saturated rings. The predicted octanol–water partition coefficient (Wildman–Crippen LogP) is 2.13. The molecule has 0 saturated carbocycles. The Kier molecular flexibility index (Phi) is 3.08. The summed E-state index contributed by atoms with van der Waals surface area (Å²) in [4.78, 5) is 24.0. The number of fused-ring (bicyclic) bond motifs is 1. The van der Waals surface area contributed by atoms with Crippen molar-refractivity contribution in [2.75, 3.05) is 6.54 Å². The molecule has 114 valence electrons. The highest BCUT2D eigenvalue weighted by atomic mass is 16.3. The molecule has 0 atom stereocenters. The number of nitrogens with zero attached hydrogens (tertiary/aromatic N) is 2. The molecule has 3 aromatic rings. The fourth-order valence-corrected chi connectivity index (χ4v) is 2.69. The average Bonchev–Trinajstić information content (AvgIpc) is 3.01. The molecule has 1 aromatic carbocycles. The molecular formula is C17H14N4O2. The van der Waals surface area contributed by atoms with Crippen molar-refractivity contribution in [3.63, 3.8) is 0 Å². The number of aromatic nitrogens is 3. The Morgan fingerprint density at radius 3 is 2.74 bits per heavy atom. The third-order valence-corrected chi connectivity index (χ3v) is 3.86. The highest BCUT2D eigenvalue weighted by Crippen LogP contribution is 2.25. The van der Waals surface area contributed by atoms with Crippen LogP contribution in [-0.4, -0.2) is 32.5 Å². The van der Waals surface area contributed by atoms with Crippen LogP contribution in [-0.2, 0) is 6.42 Å². The average molecular weight is 306 g/mol. The van der Waals surface area contributed by atoms with E-state index in [-0.39, 0.29) is 11.7 Å². The van der Waals surface area contributed by atoms with Crippen LogP contribution in [0.5, 0.6) is 5.75 Å². The molecule has 0 unspecified atom stereocenters. The first-order chi connectivity index (χ1) is 11.2. The number of phenols is 1. The SMILES string of the molecule is O=C1NCCc2[nH]c(-c3ccnc(-c4ccc(O)cc4)n3)cc21. The number of rotatable bonds is 2. The normalized spacial score (nSPS) is 13.5. The first-order valence-corrected chi connectivity index (χ1v) is 7.33. The van der Waals surface area contributed by atoms with Gasteiger partial charge in [-0.1, -0.05) is 0 Å². The van der Waals surface area contributed by atoms with Crippen LogP contribution in [0.25, 0.3) is 22.8 Å². The first-order valence-electron chi connectivity index (χ1n) is 7.33. The van der Waals surface area contributed by atoms with E-state index in [0.717, 1.165) is 29.1 Å². The molecule has 6 nitrogen and oxygen atoms in total. The molecular weight excluding hydrogens is 292 g/mol. The Morgan fingerprint density at radius 2 is 1.96 bits per heavy atom. The van der Waals surface area contributed by atoms with Gasteiger partial charge in [0.25, 0.3) is 5.91 Å². The summed E-state index contributed by atoms with van der Waals surface area (Å²) in [5, 5.41) is 12.2. The molecule has 23 heavy (non-hydrogen) atoms. The number of amides is 1. The lowest BCUT2D eigenvalue weighted by molar-refractivity contribution is 0.0946. The summed E-state index contributed by atoms with van der Waals surface area (Å²) < 4.78 is 0. The Bertz CT molecular complexity index is 884. The van der Waals surface area contributed by atoms with Crippen LogP contribution in [0.15, 0.2) is 42.6 Å². The number of aromatic amines is 1. The number of phenolic OH excluding ortho intramolecular Hbond substituents is 1. The standard InChI is InChI=1S/C17H14N4O2/c22-11-3-1-10(2-4-11)16-18-7-6-14(21-16)15-9-12-13(20-15)5-8-19-17(12)23/h1-4,6-7,9,20,22H,5,8H2,(H,19,23). The maximum Gasteiger partial charge on any atom is 0.253 e. The van der Waals surface area contributed by atoms with Crippen LogP contribution in [0.4, 0.5) is 0 Å². The van der Waals surface area contributed by atoms with Gasteiger partial charge in [-0.3, -0.25) is 4.79 Å². The largest absolute Gasteiger partial charge is 0.508 e. The number of hydrogen-bond acceptors (Lipinski definition) is 4. The van der Waals surface area contributed by atoms with E-state index in [1.807, 2.05) is 6.07 Å². The van der Waals surface area contributed by atoms with E-state index in [1.165, 1.54) is 0 Å². The Balaban J connectivity index is 1.74. The lowest BCUT2D eigenvalue weighted by Crippen LogP contribution is -2.31. The van der Waals surface area contributed by atoms with Gasteiger partial charge in [-0.15, -0.1) is 0 Å². The summed E-state index contributed by atoms with van der Waals surface area (Å²) in [7, 11) is 0. The van der Waals surface area contributed by atoms with Crippen LogP contribution in [0.3, 0.4) is 0 Å².